The van der Waals surface area contributed by atoms with E-state index < -0.39 is 18.1 Å². The maximum Gasteiger partial charge on any atom is 0.573 e. The van der Waals surface area contributed by atoms with Crippen LogP contribution in [0.4, 0.5) is 22.7 Å². The van der Waals surface area contributed by atoms with Gasteiger partial charge in [0.25, 0.3) is 0 Å². The summed E-state index contributed by atoms with van der Waals surface area (Å²) < 4.78 is 70.4. The Morgan fingerprint density at radius 1 is 1.21 bits per heavy atom. The highest BCUT2D eigenvalue weighted by Crippen LogP contribution is 2.46. The number of carbonyl (C=O) groups is 1. The molecule has 2 heterocycles. The van der Waals surface area contributed by atoms with Crippen LogP contribution < -0.4 is 4.74 Å². The fraction of sp³-hybridized carbons (Fsp3) is 0.400. The average molecular weight is 618 g/mol. The summed E-state index contributed by atoms with van der Waals surface area (Å²) in [6.45, 7) is 0.0839. The zero-order valence-corrected chi connectivity index (χ0v) is 23.6. The van der Waals surface area contributed by atoms with Gasteiger partial charge in [0.1, 0.15) is 22.7 Å². The van der Waals surface area contributed by atoms with Gasteiger partial charge in [-0.3, -0.25) is 0 Å². The molecule has 226 valence electrons. The maximum absolute atomic E-state index is 14.4. The van der Waals surface area contributed by atoms with E-state index >= 15 is 0 Å². The van der Waals surface area contributed by atoms with Gasteiger partial charge in [0.05, 0.1) is 23.0 Å². The van der Waals surface area contributed by atoms with E-state index in [9.17, 15) is 27.5 Å². The summed E-state index contributed by atoms with van der Waals surface area (Å²) in [4.78, 5) is 19.9. The molecule has 4 aromatic rings. The number of rotatable bonds is 12. The highest BCUT2D eigenvalue weighted by molar-refractivity contribution is 7.22. The average Bonchev–Trinajstić information content (AvgIpc) is 3.54. The molecule has 13 heteroatoms. The molecule has 2 fully saturated rings. The van der Waals surface area contributed by atoms with E-state index in [4.69, 9.17) is 9.26 Å². The lowest BCUT2D eigenvalue weighted by atomic mass is 9.81. The zero-order valence-electron chi connectivity index (χ0n) is 22.8. The molecule has 1 N–H and O–H groups in total. The Bertz CT molecular complexity index is 1660. The first-order chi connectivity index (χ1) is 20.6. The number of halogens is 4. The molecule has 2 aromatic heterocycles. The molecule has 0 saturated heterocycles. The number of alkyl halides is 3. The van der Waals surface area contributed by atoms with Crippen molar-refractivity contribution < 1.29 is 41.5 Å². The number of hydrogen-bond acceptors (Lipinski definition) is 8. The summed E-state index contributed by atoms with van der Waals surface area (Å²) >= 11 is 1.09. The number of ether oxygens (including phenoxy) is 2. The lowest BCUT2D eigenvalue weighted by Crippen LogP contribution is -2.22. The first-order valence-corrected chi connectivity index (χ1v) is 14.8. The zero-order chi connectivity index (χ0) is 30.1. The minimum absolute atomic E-state index is 0.0618. The van der Waals surface area contributed by atoms with E-state index in [0.29, 0.717) is 28.4 Å². The molecular weight excluding hydrogens is 590 g/mol. The van der Waals surface area contributed by atoms with E-state index in [1.807, 2.05) is 0 Å². The standard InChI is InChI=1S/C30H27F4N3O5S/c31-22-13-18(28(38)39)14-24-26(22)36-29(43-24)35-11-10-19(12-16-4-3-5-16)40-15-21-25(37-42-27(21)17-8-9-17)20-6-1-2-7-23(20)41-30(32,33)34/h1-2,6-7,11,13-14,16-17,19H,3-5,8-10,12,15H2,(H,38,39)/b35-11+. The molecule has 43 heavy (non-hydrogen) atoms. The fourth-order valence-electron chi connectivity index (χ4n) is 5.15. The molecule has 0 aliphatic heterocycles. The molecule has 2 aliphatic rings. The van der Waals surface area contributed by atoms with Crippen molar-refractivity contribution >= 4 is 38.9 Å². The van der Waals surface area contributed by atoms with Crippen molar-refractivity contribution in [3.8, 4) is 17.0 Å². The topological polar surface area (TPSA) is 107 Å². The number of benzene rings is 2. The van der Waals surface area contributed by atoms with E-state index in [-0.39, 0.29) is 51.8 Å². The summed E-state index contributed by atoms with van der Waals surface area (Å²) in [5.41, 5.74) is 0.929. The number of carboxylic acids is 1. The molecule has 0 spiro atoms. The molecule has 2 aromatic carbocycles. The first kappa shape index (κ1) is 29.2. The number of hydrogen-bond donors (Lipinski definition) is 1. The second kappa shape index (κ2) is 12.0. The summed E-state index contributed by atoms with van der Waals surface area (Å²) in [6.07, 6.45) is 2.86. The van der Waals surface area contributed by atoms with Crippen LogP contribution in [-0.4, -0.2) is 39.9 Å². The Morgan fingerprint density at radius 2 is 2.00 bits per heavy atom. The Balaban J connectivity index is 1.21. The number of aromatic nitrogens is 2. The number of nitrogens with zero attached hydrogens (tertiary/aromatic N) is 3. The van der Waals surface area contributed by atoms with Gasteiger partial charge in [-0.1, -0.05) is 47.9 Å². The number of para-hydroxylation sites is 1. The summed E-state index contributed by atoms with van der Waals surface area (Å²) in [7, 11) is 0. The van der Waals surface area contributed by atoms with Crippen molar-refractivity contribution in [3.05, 3.63) is 59.1 Å². The first-order valence-electron chi connectivity index (χ1n) is 14.0. The van der Waals surface area contributed by atoms with Gasteiger partial charge in [-0.05, 0) is 49.4 Å². The van der Waals surface area contributed by atoms with Crippen LogP contribution in [0.2, 0.25) is 0 Å². The summed E-state index contributed by atoms with van der Waals surface area (Å²) in [5, 5.41) is 13.6. The fourth-order valence-corrected chi connectivity index (χ4v) is 6.04. The van der Waals surface area contributed by atoms with Gasteiger partial charge in [-0.25, -0.2) is 19.2 Å². The Kier molecular flexibility index (Phi) is 8.19. The maximum atomic E-state index is 14.4. The van der Waals surface area contributed by atoms with Gasteiger partial charge in [-0.15, -0.1) is 13.2 Å². The predicted molar refractivity (Wildman–Crippen MR) is 150 cm³/mol. The van der Waals surface area contributed by atoms with E-state index in [1.54, 1.807) is 12.3 Å². The number of thiazole rings is 1. The van der Waals surface area contributed by atoms with Crippen LogP contribution in [0.1, 0.15) is 72.5 Å². The second-order valence-corrected chi connectivity index (χ2v) is 11.8. The molecule has 0 radical (unpaired) electrons. The van der Waals surface area contributed by atoms with Crippen LogP contribution >= 0.6 is 11.3 Å². The smallest absolute Gasteiger partial charge is 0.478 e. The number of aromatic carboxylic acids is 1. The number of aliphatic imine (C=N–C) groups is 1. The predicted octanol–water partition coefficient (Wildman–Crippen LogP) is 8.43. The Labute approximate surface area is 247 Å². The van der Waals surface area contributed by atoms with Gasteiger partial charge in [0.2, 0.25) is 5.13 Å². The Morgan fingerprint density at radius 3 is 2.70 bits per heavy atom. The molecule has 2 aliphatic carbocycles. The molecular formula is C30H27F4N3O5S. The molecule has 2 saturated carbocycles. The van der Waals surface area contributed by atoms with E-state index in [0.717, 1.165) is 55.9 Å². The molecule has 6 rings (SSSR count). The molecule has 8 nitrogen and oxygen atoms in total. The van der Waals surface area contributed by atoms with Crippen LogP contribution in [0, 0.1) is 11.7 Å². The van der Waals surface area contributed by atoms with E-state index in [1.165, 1.54) is 24.3 Å². The van der Waals surface area contributed by atoms with E-state index in [2.05, 4.69) is 19.9 Å². The van der Waals surface area contributed by atoms with Crippen molar-refractivity contribution in [3.63, 3.8) is 0 Å². The number of fused-ring (bicyclic) bond motifs is 1. The van der Waals surface area contributed by atoms with Gasteiger partial charge in [0, 0.05) is 29.7 Å². The van der Waals surface area contributed by atoms with Crippen molar-refractivity contribution in [1.82, 2.24) is 10.1 Å². The van der Waals surface area contributed by atoms with Gasteiger partial charge in [0.15, 0.2) is 5.82 Å². The SMILES string of the molecule is O=C(O)c1cc(F)c2nc(/N=C/CC(CC3CCC3)OCc3c(-c4ccccc4OC(F)(F)F)noc3C3CC3)sc2c1. The van der Waals surface area contributed by atoms with Crippen LogP contribution in [0.15, 0.2) is 45.9 Å². The normalized spacial score (nSPS) is 16.6. The van der Waals surface area contributed by atoms with Gasteiger partial charge < -0.3 is 19.1 Å². The van der Waals surface area contributed by atoms with Crippen molar-refractivity contribution in [2.24, 2.45) is 10.9 Å². The van der Waals surface area contributed by atoms with Crippen molar-refractivity contribution in [2.75, 3.05) is 0 Å². The third-order valence-corrected chi connectivity index (χ3v) is 8.58. The molecule has 1 atom stereocenters. The Hall–Kier alpha value is -3.84. The van der Waals surface area contributed by atoms with Gasteiger partial charge >= 0.3 is 12.3 Å². The third-order valence-electron chi connectivity index (χ3n) is 7.67. The minimum Gasteiger partial charge on any atom is -0.478 e. The lowest BCUT2D eigenvalue weighted by Gasteiger charge is -2.29. The van der Waals surface area contributed by atoms with Crippen LogP contribution in [0.25, 0.3) is 21.5 Å². The monoisotopic (exact) mass is 617 g/mol. The second-order valence-electron chi connectivity index (χ2n) is 10.8. The van der Waals surface area contributed by atoms with Crippen LogP contribution in [-0.2, 0) is 11.3 Å². The van der Waals surface area contributed by atoms with Crippen LogP contribution in [0.3, 0.4) is 0 Å². The molecule has 1 unspecified atom stereocenters. The number of carboxylic acid groups (broad SMARTS) is 1. The largest absolute Gasteiger partial charge is 0.573 e. The highest BCUT2D eigenvalue weighted by Gasteiger charge is 2.36. The minimum atomic E-state index is -4.86. The molecule has 0 bridgehead atoms. The van der Waals surface area contributed by atoms with Gasteiger partial charge in [-0.2, -0.15) is 0 Å². The summed E-state index contributed by atoms with van der Waals surface area (Å²) in [5.74, 6) is -1.07. The quantitative estimate of drug-likeness (QED) is 0.126. The van der Waals surface area contributed by atoms with Crippen molar-refractivity contribution in [1.29, 1.82) is 0 Å². The third kappa shape index (κ3) is 6.88. The lowest BCUT2D eigenvalue weighted by molar-refractivity contribution is -0.274. The van der Waals surface area contributed by atoms with Crippen LogP contribution in [0.5, 0.6) is 5.75 Å². The van der Waals surface area contributed by atoms with Crippen molar-refractivity contribution in [2.45, 2.75) is 69.9 Å². The molecule has 0 amide bonds. The summed E-state index contributed by atoms with van der Waals surface area (Å²) in [6, 6.07) is 8.13. The highest BCUT2D eigenvalue weighted by atomic mass is 32.1.